The molecule has 7 nitrogen and oxygen atoms in total. The number of imide groups is 1. The lowest BCUT2D eigenvalue weighted by Crippen LogP contribution is -2.38. The number of halogens is 2. The largest absolute Gasteiger partial charge is 0.454 e. The third kappa shape index (κ3) is 3.37. The van der Waals surface area contributed by atoms with Gasteiger partial charge in [-0.25, -0.2) is 0 Å². The molecule has 1 aromatic carbocycles. The number of hydrogen-bond acceptors (Lipinski definition) is 5. The summed E-state index contributed by atoms with van der Waals surface area (Å²) in [5.74, 6) is -1.97. The number of fused-ring (bicyclic) bond motifs is 5. The molecule has 4 rings (SSSR count). The Hall–Kier alpha value is -2.12. The van der Waals surface area contributed by atoms with Gasteiger partial charge in [0.1, 0.15) is 6.54 Å². The topological polar surface area (TPSA) is 92.8 Å². The first-order valence-electron chi connectivity index (χ1n) is 9.11. The molecule has 0 spiro atoms. The Morgan fingerprint density at radius 3 is 2.32 bits per heavy atom. The maximum Gasteiger partial charge on any atom is 0.326 e. The normalized spacial score (nSPS) is 27.9. The van der Waals surface area contributed by atoms with Crippen LogP contribution in [0.3, 0.4) is 0 Å². The van der Waals surface area contributed by atoms with Crippen LogP contribution in [-0.4, -0.2) is 41.7 Å². The summed E-state index contributed by atoms with van der Waals surface area (Å²) >= 11 is 11.7. The highest BCUT2D eigenvalue weighted by Gasteiger charge is 2.61. The summed E-state index contributed by atoms with van der Waals surface area (Å²) in [5.41, 5.74) is 0.406. The first kappa shape index (κ1) is 19.2. The highest BCUT2D eigenvalue weighted by Crippen LogP contribution is 2.56. The minimum Gasteiger partial charge on any atom is -0.454 e. The van der Waals surface area contributed by atoms with E-state index in [1.54, 1.807) is 6.07 Å². The summed E-state index contributed by atoms with van der Waals surface area (Å²) in [6, 6.07) is 4.56. The molecule has 3 aliphatic rings. The second-order valence-electron chi connectivity index (χ2n) is 7.49. The summed E-state index contributed by atoms with van der Waals surface area (Å²) in [7, 11) is 0. The lowest BCUT2D eigenvalue weighted by atomic mass is 9.81. The van der Waals surface area contributed by atoms with Crippen molar-refractivity contribution in [1.82, 2.24) is 4.90 Å². The standard InChI is InChI=1S/C19H18Cl2N2O5/c20-12-4-3-11(6-13(12)21)22-14(24)8-28-15(25)7-23-18(26)16-9-1-2-10(5-9)17(16)19(23)27/h3-4,6,9-10,16-17H,1-2,5,7-8H2,(H,22,24)/t9-,10-,16+,17+/m0/s1. The van der Waals surface area contributed by atoms with Crippen molar-refractivity contribution in [3.05, 3.63) is 28.2 Å². The molecule has 2 saturated carbocycles. The van der Waals surface area contributed by atoms with Gasteiger partial charge in [0, 0.05) is 5.69 Å². The van der Waals surface area contributed by atoms with Crippen LogP contribution in [0.15, 0.2) is 18.2 Å². The minimum absolute atomic E-state index is 0.254. The molecule has 3 fully saturated rings. The number of hydrogen-bond donors (Lipinski definition) is 1. The van der Waals surface area contributed by atoms with Gasteiger partial charge in [-0.15, -0.1) is 0 Å². The van der Waals surface area contributed by atoms with Crippen LogP contribution in [0.25, 0.3) is 0 Å². The summed E-state index contributed by atoms with van der Waals surface area (Å²) < 4.78 is 4.92. The van der Waals surface area contributed by atoms with E-state index in [2.05, 4.69) is 5.32 Å². The van der Waals surface area contributed by atoms with Crippen LogP contribution in [0, 0.1) is 23.7 Å². The van der Waals surface area contributed by atoms with Crippen molar-refractivity contribution < 1.29 is 23.9 Å². The van der Waals surface area contributed by atoms with Gasteiger partial charge in [-0.2, -0.15) is 0 Å². The number of carbonyl (C=O) groups is 4. The van der Waals surface area contributed by atoms with E-state index in [0.29, 0.717) is 10.7 Å². The molecular weight excluding hydrogens is 407 g/mol. The smallest absolute Gasteiger partial charge is 0.326 e. The van der Waals surface area contributed by atoms with Crippen molar-refractivity contribution in [2.45, 2.75) is 19.3 Å². The molecule has 0 unspecified atom stereocenters. The fourth-order valence-corrected chi connectivity index (χ4v) is 5.02. The quantitative estimate of drug-likeness (QED) is 0.578. The second kappa shape index (κ2) is 7.37. The molecular formula is C19H18Cl2N2O5. The van der Waals surface area contributed by atoms with Crippen LogP contribution >= 0.6 is 23.2 Å². The van der Waals surface area contributed by atoms with Crippen molar-refractivity contribution in [2.24, 2.45) is 23.7 Å². The van der Waals surface area contributed by atoms with Crippen LogP contribution in [0.5, 0.6) is 0 Å². The van der Waals surface area contributed by atoms with E-state index in [0.717, 1.165) is 24.2 Å². The SMILES string of the molecule is O=C(COC(=O)CN1C(=O)[C@@H]2[C@H]3CC[C@@H](C3)[C@H]2C1=O)Nc1ccc(Cl)c(Cl)c1. The molecule has 9 heteroatoms. The molecule has 3 amide bonds. The van der Waals surface area contributed by atoms with Crippen molar-refractivity contribution in [2.75, 3.05) is 18.5 Å². The van der Waals surface area contributed by atoms with Gasteiger partial charge in [0.05, 0.1) is 21.9 Å². The number of anilines is 1. The molecule has 28 heavy (non-hydrogen) atoms. The average molecular weight is 425 g/mol. The highest BCUT2D eigenvalue weighted by atomic mass is 35.5. The van der Waals surface area contributed by atoms with E-state index in [1.165, 1.54) is 12.1 Å². The number of likely N-dealkylation sites (tertiary alicyclic amines) is 1. The Balaban J connectivity index is 1.29. The fourth-order valence-electron chi connectivity index (χ4n) is 4.72. The van der Waals surface area contributed by atoms with Crippen molar-refractivity contribution in [3.63, 3.8) is 0 Å². The molecule has 2 bridgehead atoms. The zero-order valence-corrected chi connectivity index (χ0v) is 16.3. The van der Waals surface area contributed by atoms with E-state index in [1.807, 2.05) is 0 Å². The first-order valence-corrected chi connectivity index (χ1v) is 9.86. The molecule has 0 radical (unpaired) electrons. The molecule has 1 heterocycles. The lowest BCUT2D eigenvalue weighted by molar-refractivity contribution is -0.154. The van der Waals surface area contributed by atoms with Gasteiger partial charge in [-0.3, -0.25) is 24.1 Å². The van der Waals surface area contributed by atoms with Gasteiger partial charge in [0.2, 0.25) is 11.8 Å². The molecule has 4 atom stereocenters. The first-order chi connectivity index (χ1) is 13.3. The number of ether oxygens (including phenoxy) is 1. The van der Waals surface area contributed by atoms with Crippen LogP contribution in [0.4, 0.5) is 5.69 Å². The fraction of sp³-hybridized carbons (Fsp3) is 0.474. The van der Waals surface area contributed by atoms with Crippen LogP contribution in [0.1, 0.15) is 19.3 Å². The lowest BCUT2D eigenvalue weighted by Gasteiger charge is -2.19. The van der Waals surface area contributed by atoms with E-state index >= 15 is 0 Å². The van der Waals surface area contributed by atoms with E-state index in [4.69, 9.17) is 27.9 Å². The Kier molecular flexibility index (Phi) is 5.05. The second-order valence-corrected chi connectivity index (χ2v) is 8.30. The number of nitrogens with zero attached hydrogens (tertiary/aromatic N) is 1. The molecule has 1 saturated heterocycles. The van der Waals surface area contributed by atoms with Gasteiger partial charge in [-0.05, 0) is 49.3 Å². The third-order valence-corrected chi connectivity index (χ3v) is 6.61. The highest BCUT2D eigenvalue weighted by molar-refractivity contribution is 6.42. The molecule has 1 aromatic rings. The zero-order valence-electron chi connectivity index (χ0n) is 14.8. The number of nitrogens with one attached hydrogen (secondary N) is 1. The minimum atomic E-state index is -0.793. The van der Waals surface area contributed by atoms with Gasteiger partial charge in [-0.1, -0.05) is 23.2 Å². The molecule has 2 aliphatic carbocycles. The average Bonchev–Trinajstić information content (AvgIpc) is 3.33. The Morgan fingerprint density at radius 2 is 1.71 bits per heavy atom. The molecule has 0 aromatic heterocycles. The Bertz CT molecular complexity index is 846. The summed E-state index contributed by atoms with van der Waals surface area (Å²) in [6.07, 6.45) is 2.87. The molecule has 1 aliphatic heterocycles. The zero-order chi connectivity index (χ0) is 20.0. The van der Waals surface area contributed by atoms with Crippen molar-refractivity contribution in [3.8, 4) is 0 Å². The van der Waals surface area contributed by atoms with Gasteiger partial charge < -0.3 is 10.1 Å². The Morgan fingerprint density at radius 1 is 1.07 bits per heavy atom. The van der Waals surface area contributed by atoms with Crippen molar-refractivity contribution in [1.29, 1.82) is 0 Å². The summed E-state index contributed by atoms with van der Waals surface area (Å²) in [5, 5.41) is 3.15. The van der Waals surface area contributed by atoms with Crippen molar-refractivity contribution >= 4 is 52.6 Å². The molecule has 1 N–H and O–H groups in total. The van der Waals surface area contributed by atoms with E-state index < -0.39 is 25.0 Å². The van der Waals surface area contributed by atoms with E-state index in [-0.39, 0.29) is 40.5 Å². The predicted molar refractivity (Wildman–Crippen MR) is 101 cm³/mol. The number of esters is 1. The Labute approximate surface area is 171 Å². The maximum atomic E-state index is 12.6. The number of rotatable bonds is 5. The predicted octanol–water partition coefficient (Wildman–Crippen LogP) is 2.51. The maximum absolute atomic E-state index is 12.6. The van der Waals surface area contributed by atoms with Crippen LogP contribution < -0.4 is 5.32 Å². The molecule has 148 valence electrons. The summed E-state index contributed by atoms with van der Waals surface area (Å²) in [4.78, 5) is 50.1. The summed E-state index contributed by atoms with van der Waals surface area (Å²) in [6.45, 7) is -0.989. The van der Waals surface area contributed by atoms with Crippen LogP contribution in [-0.2, 0) is 23.9 Å². The third-order valence-electron chi connectivity index (χ3n) is 5.87. The van der Waals surface area contributed by atoms with Crippen LogP contribution in [0.2, 0.25) is 10.0 Å². The number of carbonyl (C=O) groups excluding carboxylic acids is 4. The number of benzene rings is 1. The number of amides is 3. The van der Waals surface area contributed by atoms with E-state index in [9.17, 15) is 19.2 Å². The monoisotopic (exact) mass is 424 g/mol. The van der Waals surface area contributed by atoms with Gasteiger partial charge >= 0.3 is 5.97 Å². The van der Waals surface area contributed by atoms with Gasteiger partial charge in [0.15, 0.2) is 6.61 Å². The van der Waals surface area contributed by atoms with Gasteiger partial charge in [0.25, 0.3) is 5.91 Å².